The number of aromatic nitrogens is 3. The van der Waals surface area contributed by atoms with E-state index in [9.17, 15) is 34.2 Å². The van der Waals surface area contributed by atoms with Crippen molar-refractivity contribution in [2.24, 2.45) is 11.7 Å². The molecule has 4 aromatic rings. The highest BCUT2D eigenvalue weighted by molar-refractivity contribution is 6.01. The van der Waals surface area contributed by atoms with E-state index < -0.39 is 65.6 Å². The summed E-state index contributed by atoms with van der Waals surface area (Å²) in [6.45, 7) is 3.53. The van der Waals surface area contributed by atoms with E-state index >= 15 is 0 Å². The van der Waals surface area contributed by atoms with Crippen LogP contribution in [0.15, 0.2) is 79.0 Å². The SMILES string of the molecule is CC(C)(O)c1cnnn1[C@@H]1C[C@@H](C(=O)NC(CCCCNC(=O)OCc2ccccc2)C(O)C(N)=O)N(C(=O)[C@@H](CC2CCCCC2)NC(=O)c2ccc3ccccc3c2)C1. The number of unbranched alkanes of at least 4 members (excludes halogenated alkanes) is 1. The molecule has 16 heteroatoms. The first-order chi connectivity index (χ1) is 29.3. The lowest BCUT2D eigenvalue weighted by atomic mass is 9.84. The molecule has 1 aliphatic heterocycles. The lowest BCUT2D eigenvalue weighted by Gasteiger charge is -2.32. The van der Waals surface area contributed by atoms with Crippen LogP contribution in [0.25, 0.3) is 10.8 Å². The molecule has 1 aliphatic carbocycles. The largest absolute Gasteiger partial charge is 0.445 e. The lowest BCUT2D eigenvalue weighted by Crippen LogP contribution is -2.57. The number of aliphatic hydroxyl groups excluding tert-OH is 1. The van der Waals surface area contributed by atoms with E-state index in [0.717, 1.165) is 48.4 Å². The Bertz CT molecular complexity index is 2130. The zero-order valence-corrected chi connectivity index (χ0v) is 34.9. The number of likely N-dealkylation sites (tertiary alicyclic amines) is 1. The van der Waals surface area contributed by atoms with Crippen molar-refractivity contribution in [3.05, 3.63) is 95.8 Å². The van der Waals surface area contributed by atoms with Gasteiger partial charge in [-0.05, 0) is 73.9 Å². The van der Waals surface area contributed by atoms with E-state index in [0.29, 0.717) is 30.5 Å². The molecule has 2 aliphatic rings. The number of benzene rings is 3. The first-order valence-electron chi connectivity index (χ1n) is 21.2. The second kappa shape index (κ2) is 20.6. The minimum absolute atomic E-state index is 0.00541. The fourth-order valence-electron chi connectivity index (χ4n) is 8.42. The molecule has 0 bridgehead atoms. The molecular weight excluding hydrogens is 781 g/mol. The van der Waals surface area contributed by atoms with Crippen molar-refractivity contribution < 1.29 is 38.9 Å². The third kappa shape index (κ3) is 11.9. The maximum absolute atomic E-state index is 14.9. The van der Waals surface area contributed by atoms with Gasteiger partial charge in [0, 0.05) is 25.1 Å². The summed E-state index contributed by atoms with van der Waals surface area (Å²) < 4.78 is 6.78. The third-order valence-corrected chi connectivity index (χ3v) is 11.7. The molecule has 1 saturated heterocycles. The number of alkyl carbamates (subject to hydrolysis) is 1. The van der Waals surface area contributed by atoms with E-state index in [2.05, 4.69) is 26.3 Å². The van der Waals surface area contributed by atoms with E-state index in [-0.39, 0.29) is 38.5 Å². The van der Waals surface area contributed by atoms with E-state index in [1.165, 1.54) is 15.8 Å². The predicted molar refractivity (Wildman–Crippen MR) is 226 cm³/mol. The van der Waals surface area contributed by atoms with Gasteiger partial charge < -0.3 is 41.5 Å². The Morgan fingerprint density at radius 3 is 2.38 bits per heavy atom. The van der Waals surface area contributed by atoms with Crippen LogP contribution in [0.2, 0.25) is 0 Å². The number of fused-ring (bicyclic) bond motifs is 1. The molecule has 0 spiro atoms. The molecule has 7 N–H and O–H groups in total. The average Bonchev–Trinajstić information content (AvgIpc) is 3.94. The summed E-state index contributed by atoms with van der Waals surface area (Å²) in [6.07, 6.45) is 5.43. The summed E-state index contributed by atoms with van der Waals surface area (Å²) in [6, 6.07) is 18.5. The number of hydrogen-bond donors (Lipinski definition) is 6. The molecule has 5 atom stereocenters. The first-order valence-corrected chi connectivity index (χ1v) is 21.2. The number of primary amides is 1. The minimum atomic E-state index is -1.74. The highest BCUT2D eigenvalue weighted by Gasteiger charge is 2.45. The van der Waals surface area contributed by atoms with Crippen LogP contribution in [-0.2, 0) is 31.3 Å². The number of aliphatic hydroxyl groups is 2. The van der Waals surface area contributed by atoms with Gasteiger partial charge in [-0.2, -0.15) is 0 Å². The molecule has 1 aromatic heterocycles. The van der Waals surface area contributed by atoms with Crippen LogP contribution in [0.4, 0.5) is 4.79 Å². The van der Waals surface area contributed by atoms with Crippen LogP contribution < -0.4 is 21.7 Å². The maximum Gasteiger partial charge on any atom is 0.407 e. The van der Waals surface area contributed by atoms with E-state index in [1.54, 1.807) is 26.0 Å². The molecule has 326 valence electrons. The van der Waals surface area contributed by atoms with Gasteiger partial charge in [0.1, 0.15) is 24.3 Å². The van der Waals surface area contributed by atoms with Gasteiger partial charge in [-0.25, -0.2) is 9.48 Å². The Morgan fingerprint density at radius 2 is 1.66 bits per heavy atom. The van der Waals surface area contributed by atoms with Crippen molar-refractivity contribution in [1.82, 2.24) is 35.8 Å². The summed E-state index contributed by atoms with van der Waals surface area (Å²) >= 11 is 0. The lowest BCUT2D eigenvalue weighted by molar-refractivity contribution is -0.141. The molecule has 2 fully saturated rings. The normalized spacial score (nSPS) is 18.5. The number of ether oxygens (including phenoxy) is 1. The zero-order valence-electron chi connectivity index (χ0n) is 34.9. The summed E-state index contributed by atoms with van der Waals surface area (Å²) in [5.41, 5.74) is 5.81. The highest BCUT2D eigenvalue weighted by atomic mass is 16.5. The Kier molecular flexibility index (Phi) is 15.1. The summed E-state index contributed by atoms with van der Waals surface area (Å²) in [5.74, 6) is -2.36. The fourth-order valence-corrected chi connectivity index (χ4v) is 8.42. The van der Waals surface area contributed by atoms with Crippen LogP contribution in [0.5, 0.6) is 0 Å². The van der Waals surface area contributed by atoms with Crippen LogP contribution in [0, 0.1) is 5.92 Å². The van der Waals surface area contributed by atoms with Gasteiger partial charge in [0.15, 0.2) is 6.10 Å². The van der Waals surface area contributed by atoms with Crippen molar-refractivity contribution in [3.63, 3.8) is 0 Å². The number of nitrogens with two attached hydrogens (primary N) is 1. The van der Waals surface area contributed by atoms with Crippen LogP contribution >= 0.6 is 0 Å². The van der Waals surface area contributed by atoms with Gasteiger partial charge in [0.2, 0.25) is 17.7 Å². The van der Waals surface area contributed by atoms with Crippen molar-refractivity contribution in [3.8, 4) is 0 Å². The van der Waals surface area contributed by atoms with Crippen molar-refractivity contribution in [2.45, 2.75) is 121 Å². The molecule has 0 radical (unpaired) electrons. The van der Waals surface area contributed by atoms with Crippen molar-refractivity contribution in [1.29, 1.82) is 0 Å². The Labute approximate surface area is 355 Å². The minimum Gasteiger partial charge on any atom is -0.445 e. The molecular formula is C45H58N8O8. The van der Waals surface area contributed by atoms with Gasteiger partial charge >= 0.3 is 6.09 Å². The fraction of sp³-hybridized carbons (Fsp3) is 0.489. The Morgan fingerprint density at radius 1 is 0.934 bits per heavy atom. The van der Waals surface area contributed by atoms with Crippen molar-refractivity contribution >= 4 is 40.5 Å². The Balaban J connectivity index is 1.19. The number of nitrogens with zero attached hydrogens (tertiary/aromatic N) is 4. The van der Waals surface area contributed by atoms with Crippen LogP contribution in [0.3, 0.4) is 0 Å². The second-order valence-electron chi connectivity index (χ2n) is 16.8. The topological polar surface area (TPSA) is 231 Å². The van der Waals surface area contributed by atoms with Gasteiger partial charge in [0.05, 0.1) is 24.0 Å². The molecule has 2 heterocycles. The quantitative estimate of drug-likeness (QED) is 0.0789. The third-order valence-electron chi connectivity index (χ3n) is 11.7. The van der Waals surface area contributed by atoms with E-state index in [1.807, 2.05) is 60.7 Å². The molecule has 1 saturated carbocycles. The Hall–Kier alpha value is -5.87. The van der Waals surface area contributed by atoms with Crippen molar-refractivity contribution in [2.75, 3.05) is 13.1 Å². The second-order valence-corrected chi connectivity index (χ2v) is 16.8. The number of hydrogen-bond acceptors (Lipinski definition) is 10. The molecule has 2 unspecified atom stereocenters. The standard InChI is InChI=1S/C45H58N8O8/c1-45(2,60)38-26-48-51-53(38)34-25-37(42(57)49-35(39(54)40(46)55)19-11-12-22-47-44(59)61-28-30-15-7-4-8-16-30)52(27-34)43(58)36(23-29-13-5-3-6-14-29)50-41(56)33-21-20-31-17-9-10-18-32(31)24-33/h4,7-10,15-18,20-21,24,26,29,34-37,39,54,60H,3,5-6,11-14,19,22-23,25,27-28H2,1-2H3,(H2,46,55)(H,47,59)(H,49,57)(H,50,56)/t34-,35?,36-,37+,39?/m1/s1. The number of carbonyl (C=O) groups excluding carboxylic acids is 5. The van der Waals surface area contributed by atoms with Crippen LogP contribution in [-0.4, -0.2) is 97.1 Å². The molecule has 16 nitrogen and oxygen atoms in total. The van der Waals surface area contributed by atoms with Crippen LogP contribution in [0.1, 0.15) is 106 Å². The number of carbonyl (C=O) groups is 5. The first kappa shape index (κ1) is 44.7. The van der Waals surface area contributed by atoms with Gasteiger partial charge in [0.25, 0.3) is 5.91 Å². The molecule has 61 heavy (non-hydrogen) atoms. The van der Waals surface area contributed by atoms with Gasteiger partial charge in [-0.1, -0.05) is 98.0 Å². The smallest absolute Gasteiger partial charge is 0.407 e. The van der Waals surface area contributed by atoms with E-state index in [4.69, 9.17) is 10.5 Å². The number of amides is 5. The zero-order chi connectivity index (χ0) is 43.5. The number of nitrogens with one attached hydrogen (secondary N) is 3. The highest BCUT2D eigenvalue weighted by Crippen LogP contribution is 2.34. The molecule has 5 amide bonds. The summed E-state index contributed by atoms with van der Waals surface area (Å²) in [4.78, 5) is 69.2. The monoisotopic (exact) mass is 838 g/mol. The number of rotatable bonds is 18. The molecule has 3 aromatic carbocycles. The van der Waals surface area contributed by atoms with Gasteiger partial charge in [-0.15, -0.1) is 5.10 Å². The summed E-state index contributed by atoms with van der Waals surface area (Å²) in [5, 5.41) is 40.5. The average molecular weight is 839 g/mol. The predicted octanol–water partition coefficient (Wildman–Crippen LogP) is 4.00. The van der Waals surface area contributed by atoms with Gasteiger partial charge in [-0.3, -0.25) is 19.2 Å². The molecule has 6 rings (SSSR count). The summed E-state index contributed by atoms with van der Waals surface area (Å²) in [7, 11) is 0. The maximum atomic E-state index is 14.9.